The third-order valence-electron chi connectivity index (χ3n) is 1.89. The Hall–Kier alpha value is -2.03. The van der Waals surface area contributed by atoms with E-state index in [9.17, 15) is 0 Å². The molecule has 0 aliphatic heterocycles. The molecule has 0 unspecified atom stereocenters. The Kier molecular flexibility index (Phi) is 2.32. The zero-order valence-electron chi connectivity index (χ0n) is 7.55. The Morgan fingerprint density at radius 2 is 1.86 bits per heavy atom. The van der Waals surface area contributed by atoms with Crippen LogP contribution in [0.1, 0.15) is 5.76 Å². The third kappa shape index (κ3) is 1.66. The molecule has 3 nitrogen and oxygen atoms in total. The van der Waals surface area contributed by atoms with Crippen molar-refractivity contribution in [1.82, 2.24) is 0 Å². The molecule has 0 atom stereocenters. The molecule has 0 bridgehead atoms. The molecule has 0 fully saturated rings. The van der Waals surface area contributed by atoms with Crippen LogP contribution in [0.25, 0.3) is 11.3 Å². The molecule has 0 amide bonds. The van der Waals surface area contributed by atoms with Crippen molar-refractivity contribution in [2.75, 3.05) is 0 Å². The van der Waals surface area contributed by atoms with E-state index >= 15 is 0 Å². The predicted octanol–water partition coefficient (Wildman–Crippen LogP) is 2.24. The second-order valence-electron chi connectivity index (χ2n) is 2.85. The van der Waals surface area contributed by atoms with E-state index in [1.54, 1.807) is 0 Å². The minimum absolute atomic E-state index is 0.659. The number of hydrogen-bond donors (Lipinski definition) is 1. The number of furan rings is 1. The quantitative estimate of drug-likeness (QED) is 0.444. The smallest absolute Gasteiger partial charge is 0.147 e. The minimum atomic E-state index is 0.659. The summed E-state index contributed by atoms with van der Waals surface area (Å²) in [6, 6.07) is 13.6. The average molecular weight is 186 g/mol. The Morgan fingerprint density at radius 1 is 1.07 bits per heavy atom. The molecule has 14 heavy (non-hydrogen) atoms. The summed E-state index contributed by atoms with van der Waals surface area (Å²) in [5.74, 6) is 6.50. The van der Waals surface area contributed by atoms with Gasteiger partial charge in [-0.2, -0.15) is 5.10 Å². The molecule has 3 heteroatoms. The van der Waals surface area contributed by atoms with E-state index in [1.807, 2.05) is 42.5 Å². The summed E-state index contributed by atoms with van der Waals surface area (Å²) in [6.45, 7) is 0. The van der Waals surface area contributed by atoms with Crippen LogP contribution in [0, 0.1) is 0 Å². The Labute approximate surface area is 81.9 Å². The number of hydrogen-bond acceptors (Lipinski definition) is 3. The molecule has 0 saturated carbocycles. The van der Waals surface area contributed by atoms with Gasteiger partial charge in [0, 0.05) is 5.56 Å². The van der Waals surface area contributed by atoms with Crippen LogP contribution in [-0.4, -0.2) is 6.21 Å². The number of rotatable bonds is 2. The van der Waals surface area contributed by atoms with E-state index in [4.69, 9.17) is 10.3 Å². The highest BCUT2D eigenvalue weighted by atomic mass is 16.3. The summed E-state index contributed by atoms with van der Waals surface area (Å²) in [5.41, 5.74) is 1.05. The fourth-order valence-electron chi connectivity index (χ4n) is 1.25. The second-order valence-corrected chi connectivity index (χ2v) is 2.85. The van der Waals surface area contributed by atoms with E-state index in [1.165, 1.54) is 6.21 Å². The third-order valence-corrected chi connectivity index (χ3v) is 1.89. The lowest BCUT2D eigenvalue weighted by molar-refractivity contribution is 0.575. The van der Waals surface area contributed by atoms with Gasteiger partial charge in [0.1, 0.15) is 11.5 Å². The largest absolute Gasteiger partial charge is 0.455 e. The molecular formula is C11H10N2O. The van der Waals surface area contributed by atoms with Crippen molar-refractivity contribution < 1.29 is 4.42 Å². The molecule has 2 aromatic rings. The first kappa shape index (κ1) is 8.56. The second kappa shape index (κ2) is 3.79. The van der Waals surface area contributed by atoms with Gasteiger partial charge in [0.05, 0.1) is 6.21 Å². The molecule has 1 heterocycles. The van der Waals surface area contributed by atoms with Gasteiger partial charge in [0.15, 0.2) is 0 Å². The zero-order valence-corrected chi connectivity index (χ0v) is 7.55. The number of nitrogens with zero attached hydrogens (tertiary/aromatic N) is 1. The van der Waals surface area contributed by atoms with Gasteiger partial charge in [-0.15, -0.1) is 0 Å². The molecule has 0 aliphatic rings. The van der Waals surface area contributed by atoms with Crippen LogP contribution < -0.4 is 5.84 Å². The lowest BCUT2D eigenvalue weighted by Gasteiger charge is -1.93. The maximum absolute atomic E-state index is 5.48. The van der Waals surface area contributed by atoms with Crippen LogP contribution in [0.2, 0.25) is 0 Å². The fourth-order valence-corrected chi connectivity index (χ4v) is 1.25. The van der Waals surface area contributed by atoms with Crippen molar-refractivity contribution >= 4 is 6.21 Å². The molecule has 1 aromatic carbocycles. The number of benzene rings is 1. The van der Waals surface area contributed by atoms with Crippen LogP contribution in [0.15, 0.2) is 52.0 Å². The highest BCUT2D eigenvalue weighted by molar-refractivity contribution is 5.77. The number of nitrogens with two attached hydrogens (primary N) is 1. The predicted molar refractivity (Wildman–Crippen MR) is 55.9 cm³/mol. The summed E-state index contributed by atoms with van der Waals surface area (Å²) in [4.78, 5) is 0. The van der Waals surface area contributed by atoms with Gasteiger partial charge < -0.3 is 10.3 Å². The first-order chi connectivity index (χ1) is 6.90. The van der Waals surface area contributed by atoms with Crippen LogP contribution in [0.3, 0.4) is 0 Å². The summed E-state index contributed by atoms with van der Waals surface area (Å²) in [7, 11) is 0. The zero-order chi connectivity index (χ0) is 9.80. The fraction of sp³-hybridized carbons (Fsp3) is 0. The standard InChI is InChI=1S/C11H10N2O/c12-13-8-10-6-7-11(14-10)9-4-2-1-3-5-9/h1-8H,12H2/b13-8+. The van der Waals surface area contributed by atoms with Gasteiger partial charge in [-0.3, -0.25) is 0 Å². The van der Waals surface area contributed by atoms with Crippen LogP contribution >= 0.6 is 0 Å². The van der Waals surface area contributed by atoms with Crippen LogP contribution in [0.4, 0.5) is 0 Å². The molecule has 0 saturated heterocycles. The summed E-state index contributed by atoms with van der Waals surface area (Å²) in [5, 5.41) is 3.39. The highest BCUT2D eigenvalue weighted by Crippen LogP contribution is 2.20. The monoisotopic (exact) mass is 186 g/mol. The molecule has 0 aliphatic carbocycles. The molecular weight excluding hydrogens is 176 g/mol. The Bertz CT molecular complexity index is 432. The normalized spacial score (nSPS) is 10.9. The van der Waals surface area contributed by atoms with E-state index < -0.39 is 0 Å². The van der Waals surface area contributed by atoms with Gasteiger partial charge in [-0.25, -0.2) is 0 Å². The summed E-state index contributed by atoms with van der Waals surface area (Å²) < 4.78 is 5.48. The maximum atomic E-state index is 5.48. The van der Waals surface area contributed by atoms with Crippen molar-refractivity contribution in [3.63, 3.8) is 0 Å². The van der Waals surface area contributed by atoms with E-state index in [2.05, 4.69) is 5.10 Å². The molecule has 70 valence electrons. The van der Waals surface area contributed by atoms with Gasteiger partial charge in [0.25, 0.3) is 0 Å². The maximum Gasteiger partial charge on any atom is 0.147 e. The van der Waals surface area contributed by atoms with E-state index in [-0.39, 0.29) is 0 Å². The lowest BCUT2D eigenvalue weighted by atomic mass is 10.2. The average Bonchev–Trinajstić information content (AvgIpc) is 2.68. The van der Waals surface area contributed by atoms with Gasteiger partial charge in [0.2, 0.25) is 0 Å². The number of hydrazone groups is 1. The van der Waals surface area contributed by atoms with Crippen LogP contribution in [0.5, 0.6) is 0 Å². The lowest BCUT2D eigenvalue weighted by Crippen LogP contribution is -1.82. The van der Waals surface area contributed by atoms with E-state index in [0.717, 1.165) is 11.3 Å². The summed E-state index contributed by atoms with van der Waals surface area (Å²) >= 11 is 0. The molecule has 0 spiro atoms. The molecule has 0 radical (unpaired) electrons. The molecule has 1 aromatic heterocycles. The minimum Gasteiger partial charge on any atom is -0.455 e. The first-order valence-electron chi connectivity index (χ1n) is 4.28. The Morgan fingerprint density at radius 3 is 2.57 bits per heavy atom. The Balaban J connectivity index is 2.34. The topological polar surface area (TPSA) is 51.5 Å². The highest BCUT2D eigenvalue weighted by Gasteiger charge is 2.01. The summed E-state index contributed by atoms with van der Waals surface area (Å²) in [6.07, 6.45) is 1.48. The van der Waals surface area contributed by atoms with Gasteiger partial charge >= 0.3 is 0 Å². The molecule has 2 N–H and O–H groups in total. The van der Waals surface area contributed by atoms with Crippen molar-refractivity contribution in [2.45, 2.75) is 0 Å². The van der Waals surface area contributed by atoms with E-state index in [0.29, 0.717) is 5.76 Å². The molecule has 2 rings (SSSR count). The van der Waals surface area contributed by atoms with Gasteiger partial charge in [-0.1, -0.05) is 30.3 Å². The van der Waals surface area contributed by atoms with Crippen molar-refractivity contribution in [2.24, 2.45) is 10.9 Å². The van der Waals surface area contributed by atoms with Crippen molar-refractivity contribution in [1.29, 1.82) is 0 Å². The first-order valence-corrected chi connectivity index (χ1v) is 4.28. The van der Waals surface area contributed by atoms with Crippen molar-refractivity contribution in [3.05, 3.63) is 48.2 Å². The van der Waals surface area contributed by atoms with Crippen molar-refractivity contribution in [3.8, 4) is 11.3 Å². The van der Waals surface area contributed by atoms with Crippen LogP contribution in [-0.2, 0) is 0 Å². The SMILES string of the molecule is N/N=C/c1ccc(-c2ccccc2)o1. The van der Waals surface area contributed by atoms with Gasteiger partial charge in [-0.05, 0) is 12.1 Å².